The quantitative estimate of drug-likeness (QED) is 0.943. The van der Waals surface area contributed by atoms with Crippen molar-refractivity contribution in [3.8, 4) is 5.75 Å². The highest BCUT2D eigenvalue weighted by Crippen LogP contribution is 2.18. The molecule has 2 rings (SSSR count). The molecule has 0 radical (unpaired) electrons. The van der Waals surface area contributed by atoms with E-state index in [1.165, 1.54) is 0 Å². The molecule has 1 aromatic carbocycles. The van der Waals surface area contributed by atoms with Crippen LogP contribution in [0.4, 0.5) is 0 Å². The van der Waals surface area contributed by atoms with Gasteiger partial charge in [-0.05, 0) is 44.9 Å². The first-order valence-electron chi connectivity index (χ1n) is 7.36. The molecule has 0 aliphatic heterocycles. The van der Waals surface area contributed by atoms with Gasteiger partial charge in [0.1, 0.15) is 5.75 Å². The van der Waals surface area contributed by atoms with Gasteiger partial charge in [-0.1, -0.05) is 12.1 Å². The summed E-state index contributed by atoms with van der Waals surface area (Å²) < 4.78 is 1.74. The minimum atomic E-state index is -0.00521. The van der Waals surface area contributed by atoms with Crippen molar-refractivity contribution in [3.05, 3.63) is 46.8 Å². The molecule has 0 saturated carbocycles. The number of likely N-dealkylation sites (N-methyl/N-ethyl adjacent to an activating group) is 1. The fourth-order valence-electron chi connectivity index (χ4n) is 2.57. The Morgan fingerprint density at radius 1 is 1.32 bits per heavy atom. The Bertz CT molecular complexity index is 674. The third kappa shape index (κ3) is 3.13. The maximum Gasteiger partial charge on any atom is 0.257 e. The average Bonchev–Trinajstić information content (AvgIpc) is 2.73. The molecule has 0 fully saturated rings. The maximum atomic E-state index is 12.7. The number of aromatic nitrogens is 2. The normalized spacial score (nSPS) is 12.2. The van der Waals surface area contributed by atoms with Gasteiger partial charge in [-0.25, -0.2) is 0 Å². The molecule has 2 aromatic rings. The van der Waals surface area contributed by atoms with Gasteiger partial charge in [-0.3, -0.25) is 9.48 Å². The van der Waals surface area contributed by atoms with Crippen molar-refractivity contribution in [2.24, 2.45) is 7.05 Å². The van der Waals surface area contributed by atoms with E-state index in [1.54, 1.807) is 21.7 Å². The van der Waals surface area contributed by atoms with E-state index in [9.17, 15) is 9.90 Å². The zero-order valence-corrected chi connectivity index (χ0v) is 13.8. The third-order valence-electron chi connectivity index (χ3n) is 4.17. The van der Waals surface area contributed by atoms with Crippen LogP contribution in [-0.4, -0.2) is 38.8 Å². The summed E-state index contributed by atoms with van der Waals surface area (Å²) in [5, 5.41) is 13.6. The zero-order valence-electron chi connectivity index (χ0n) is 13.8. The summed E-state index contributed by atoms with van der Waals surface area (Å²) in [5.41, 5.74) is 3.41. The number of carbonyl (C=O) groups is 1. The molecule has 1 amide bonds. The van der Waals surface area contributed by atoms with Crippen LogP contribution in [0.2, 0.25) is 0 Å². The molecule has 1 atom stereocenters. The lowest BCUT2D eigenvalue weighted by Gasteiger charge is -2.25. The van der Waals surface area contributed by atoms with Crippen LogP contribution in [0.3, 0.4) is 0 Å². The summed E-state index contributed by atoms with van der Waals surface area (Å²) in [4.78, 5) is 14.5. The molecule has 1 unspecified atom stereocenters. The fraction of sp³-hybridized carbons (Fsp3) is 0.412. The van der Waals surface area contributed by atoms with Gasteiger partial charge < -0.3 is 10.0 Å². The number of aromatic hydroxyl groups is 1. The highest BCUT2D eigenvalue weighted by Gasteiger charge is 2.23. The first kappa shape index (κ1) is 16.1. The maximum absolute atomic E-state index is 12.7. The van der Waals surface area contributed by atoms with Crippen molar-refractivity contribution in [2.45, 2.75) is 33.2 Å². The number of hydrogen-bond acceptors (Lipinski definition) is 3. The van der Waals surface area contributed by atoms with Crippen LogP contribution in [0.15, 0.2) is 24.3 Å². The van der Waals surface area contributed by atoms with E-state index in [-0.39, 0.29) is 17.7 Å². The van der Waals surface area contributed by atoms with Crippen molar-refractivity contribution < 1.29 is 9.90 Å². The summed E-state index contributed by atoms with van der Waals surface area (Å²) in [6, 6.07) is 7.14. The van der Waals surface area contributed by atoms with Crippen LogP contribution in [-0.2, 0) is 13.5 Å². The average molecular weight is 301 g/mol. The van der Waals surface area contributed by atoms with E-state index in [4.69, 9.17) is 0 Å². The van der Waals surface area contributed by atoms with Crippen LogP contribution in [0.5, 0.6) is 5.75 Å². The largest absolute Gasteiger partial charge is 0.508 e. The molecule has 22 heavy (non-hydrogen) atoms. The number of aryl methyl sites for hydroxylation is 2. The summed E-state index contributed by atoms with van der Waals surface area (Å²) in [5.74, 6) is 0.247. The van der Waals surface area contributed by atoms with Crippen LogP contribution >= 0.6 is 0 Å². The first-order chi connectivity index (χ1) is 10.3. The number of phenols is 1. The summed E-state index contributed by atoms with van der Waals surface area (Å²) in [7, 11) is 3.66. The summed E-state index contributed by atoms with van der Waals surface area (Å²) in [6.07, 6.45) is 0.737. The molecule has 0 aliphatic carbocycles. The van der Waals surface area contributed by atoms with Crippen LogP contribution in [0, 0.1) is 13.8 Å². The molecule has 118 valence electrons. The van der Waals surface area contributed by atoms with E-state index in [1.807, 2.05) is 47.0 Å². The predicted molar refractivity (Wildman–Crippen MR) is 86.0 cm³/mol. The second-order valence-electron chi connectivity index (χ2n) is 5.81. The molecule has 5 heteroatoms. The van der Waals surface area contributed by atoms with Gasteiger partial charge in [0, 0.05) is 25.8 Å². The van der Waals surface area contributed by atoms with Gasteiger partial charge in [0.25, 0.3) is 5.91 Å². The second-order valence-corrected chi connectivity index (χ2v) is 5.81. The van der Waals surface area contributed by atoms with E-state index < -0.39 is 0 Å². The molecule has 0 spiro atoms. The lowest BCUT2D eigenvalue weighted by Crippen LogP contribution is -2.37. The Labute approximate surface area is 131 Å². The summed E-state index contributed by atoms with van der Waals surface area (Å²) >= 11 is 0. The Hall–Kier alpha value is -2.30. The minimum Gasteiger partial charge on any atom is -0.508 e. The predicted octanol–water partition coefficient (Wildman–Crippen LogP) is 2.45. The molecule has 5 nitrogen and oxygen atoms in total. The number of hydrogen-bond donors (Lipinski definition) is 1. The monoisotopic (exact) mass is 301 g/mol. The zero-order chi connectivity index (χ0) is 16.4. The SMILES string of the molecule is Cc1nn(C)c(C)c1C(=O)N(C)C(C)Cc1ccc(O)cc1. The molecule has 1 N–H and O–H groups in total. The minimum absolute atomic E-state index is 0.00521. The summed E-state index contributed by atoms with van der Waals surface area (Å²) in [6.45, 7) is 5.79. The molecule has 0 aliphatic rings. The van der Waals surface area contributed by atoms with Crippen molar-refractivity contribution >= 4 is 5.91 Å². The molecule has 1 heterocycles. The second kappa shape index (κ2) is 6.22. The molecule has 0 saturated heterocycles. The third-order valence-corrected chi connectivity index (χ3v) is 4.17. The Balaban J connectivity index is 2.14. The molecule has 0 bridgehead atoms. The van der Waals surface area contributed by atoms with Gasteiger partial charge >= 0.3 is 0 Å². The van der Waals surface area contributed by atoms with E-state index >= 15 is 0 Å². The van der Waals surface area contributed by atoms with Crippen molar-refractivity contribution in [1.82, 2.24) is 14.7 Å². The Morgan fingerprint density at radius 3 is 2.41 bits per heavy atom. The Morgan fingerprint density at radius 2 is 1.91 bits per heavy atom. The lowest BCUT2D eigenvalue weighted by atomic mass is 10.0. The van der Waals surface area contributed by atoms with E-state index in [0.29, 0.717) is 5.56 Å². The van der Waals surface area contributed by atoms with Gasteiger partial charge in [-0.15, -0.1) is 0 Å². The van der Waals surface area contributed by atoms with Gasteiger partial charge in [0.2, 0.25) is 0 Å². The highest BCUT2D eigenvalue weighted by molar-refractivity contribution is 5.96. The van der Waals surface area contributed by atoms with E-state index in [0.717, 1.165) is 23.4 Å². The number of rotatable bonds is 4. The van der Waals surface area contributed by atoms with Crippen molar-refractivity contribution in [2.75, 3.05) is 7.05 Å². The van der Waals surface area contributed by atoms with Gasteiger partial charge in [-0.2, -0.15) is 5.10 Å². The number of phenolic OH excluding ortho intramolecular Hbond substituents is 1. The molecular formula is C17H23N3O2. The molecule has 1 aromatic heterocycles. The van der Waals surface area contributed by atoms with E-state index in [2.05, 4.69) is 5.10 Å². The number of benzene rings is 1. The van der Waals surface area contributed by atoms with Crippen molar-refractivity contribution in [3.63, 3.8) is 0 Å². The first-order valence-corrected chi connectivity index (χ1v) is 7.36. The molecular weight excluding hydrogens is 278 g/mol. The lowest BCUT2D eigenvalue weighted by molar-refractivity contribution is 0.0742. The van der Waals surface area contributed by atoms with Crippen LogP contribution < -0.4 is 0 Å². The van der Waals surface area contributed by atoms with Crippen LogP contribution in [0.25, 0.3) is 0 Å². The number of amides is 1. The standard InChI is InChI=1S/C17H23N3O2/c1-11(10-14-6-8-15(21)9-7-14)19(4)17(22)16-12(2)18-20(5)13(16)3/h6-9,11,21H,10H2,1-5H3. The van der Waals surface area contributed by atoms with Gasteiger partial charge in [0.05, 0.1) is 11.3 Å². The number of carbonyl (C=O) groups excluding carboxylic acids is 1. The number of nitrogens with zero attached hydrogens (tertiary/aromatic N) is 3. The smallest absolute Gasteiger partial charge is 0.257 e. The topological polar surface area (TPSA) is 58.4 Å². The fourth-order valence-corrected chi connectivity index (χ4v) is 2.57. The van der Waals surface area contributed by atoms with Gasteiger partial charge in [0.15, 0.2) is 0 Å². The highest BCUT2D eigenvalue weighted by atomic mass is 16.3. The Kier molecular flexibility index (Phi) is 4.54. The van der Waals surface area contributed by atoms with Crippen molar-refractivity contribution in [1.29, 1.82) is 0 Å². The van der Waals surface area contributed by atoms with Crippen LogP contribution in [0.1, 0.15) is 34.2 Å².